The number of esters is 1. The molecule has 0 radical (unpaired) electrons. The molecular weight excluding hydrogens is 282 g/mol. The van der Waals surface area contributed by atoms with Crippen molar-refractivity contribution in [3.63, 3.8) is 0 Å². The Hall–Kier alpha value is -1.96. The predicted molar refractivity (Wildman–Crippen MR) is 74.7 cm³/mol. The second kappa shape index (κ2) is 7.59. The standard InChI is InChI=1S/C12H17N3O4S/c1-4-19-11(18)10-7(2)14-12(20-10)15-9(17)5-6-13-8(3)16/h4-6H2,1-3H3,(H,13,16)(H,14,15,17). The Morgan fingerprint density at radius 1 is 1.35 bits per heavy atom. The summed E-state index contributed by atoms with van der Waals surface area (Å²) in [5.74, 6) is -0.906. The SMILES string of the molecule is CCOC(=O)c1sc(NC(=O)CCNC(C)=O)nc1C. The van der Waals surface area contributed by atoms with E-state index >= 15 is 0 Å². The van der Waals surface area contributed by atoms with Crippen molar-refractivity contribution in [1.29, 1.82) is 0 Å². The maximum Gasteiger partial charge on any atom is 0.350 e. The Morgan fingerprint density at radius 3 is 2.65 bits per heavy atom. The molecule has 1 heterocycles. The highest BCUT2D eigenvalue weighted by Crippen LogP contribution is 2.23. The van der Waals surface area contributed by atoms with Crippen molar-refractivity contribution in [3.05, 3.63) is 10.6 Å². The number of thiazole rings is 1. The molecule has 1 aromatic rings. The van der Waals surface area contributed by atoms with Crippen LogP contribution in [0.2, 0.25) is 0 Å². The lowest BCUT2D eigenvalue weighted by Crippen LogP contribution is -2.25. The lowest BCUT2D eigenvalue weighted by molar-refractivity contribution is -0.119. The molecule has 1 aromatic heterocycles. The molecule has 0 aliphatic carbocycles. The molecular formula is C12H17N3O4S. The summed E-state index contributed by atoms with van der Waals surface area (Å²) in [4.78, 5) is 38.3. The Morgan fingerprint density at radius 2 is 2.05 bits per heavy atom. The Balaban J connectivity index is 2.56. The van der Waals surface area contributed by atoms with E-state index in [9.17, 15) is 14.4 Å². The Kier molecular flexibility index (Phi) is 6.10. The van der Waals surface area contributed by atoms with E-state index in [0.29, 0.717) is 15.7 Å². The molecule has 110 valence electrons. The fourth-order valence-corrected chi connectivity index (χ4v) is 2.25. The molecule has 8 heteroatoms. The van der Waals surface area contributed by atoms with E-state index < -0.39 is 5.97 Å². The van der Waals surface area contributed by atoms with E-state index in [1.54, 1.807) is 13.8 Å². The molecule has 2 amide bonds. The third-order valence-corrected chi connectivity index (χ3v) is 3.28. The van der Waals surface area contributed by atoms with E-state index in [0.717, 1.165) is 11.3 Å². The van der Waals surface area contributed by atoms with E-state index in [-0.39, 0.29) is 31.4 Å². The van der Waals surface area contributed by atoms with E-state index in [1.165, 1.54) is 6.92 Å². The molecule has 7 nitrogen and oxygen atoms in total. The normalized spacial score (nSPS) is 9.95. The zero-order valence-electron chi connectivity index (χ0n) is 11.6. The number of rotatable bonds is 6. The van der Waals surface area contributed by atoms with Gasteiger partial charge < -0.3 is 15.4 Å². The minimum absolute atomic E-state index is 0.146. The van der Waals surface area contributed by atoms with Crippen LogP contribution in [0.5, 0.6) is 0 Å². The van der Waals surface area contributed by atoms with Crippen LogP contribution in [0.4, 0.5) is 5.13 Å². The van der Waals surface area contributed by atoms with Gasteiger partial charge in [0.2, 0.25) is 11.8 Å². The summed E-state index contributed by atoms with van der Waals surface area (Å²) >= 11 is 1.07. The van der Waals surface area contributed by atoms with Crippen LogP contribution in [0, 0.1) is 6.92 Å². The maximum atomic E-state index is 11.6. The first-order valence-electron chi connectivity index (χ1n) is 6.12. The molecule has 0 aromatic carbocycles. The van der Waals surface area contributed by atoms with Crippen molar-refractivity contribution in [2.75, 3.05) is 18.5 Å². The summed E-state index contributed by atoms with van der Waals surface area (Å²) in [5, 5.41) is 5.45. The van der Waals surface area contributed by atoms with Crippen LogP contribution < -0.4 is 10.6 Å². The first-order valence-corrected chi connectivity index (χ1v) is 6.94. The van der Waals surface area contributed by atoms with Crippen LogP contribution in [0.25, 0.3) is 0 Å². The highest BCUT2D eigenvalue weighted by Gasteiger charge is 2.17. The van der Waals surface area contributed by atoms with Crippen molar-refractivity contribution in [2.45, 2.75) is 27.2 Å². The summed E-state index contributed by atoms with van der Waals surface area (Å²) in [5.41, 5.74) is 0.519. The summed E-state index contributed by atoms with van der Waals surface area (Å²) < 4.78 is 4.89. The van der Waals surface area contributed by atoms with Crippen molar-refractivity contribution >= 4 is 34.3 Å². The van der Waals surface area contributed by atoms with Crippen LogP contribution in [-0.4, -0.2) is 35.9 Å². The fourth-order valence-electron chi connectivity index (χ4n) is 1.37. The summed E-state index contributed by atoms with van der Waals surface area (Å²) in [6.45, 7) is 5.33. The number of aryl methyl sites for hydroxylation is 1. The van der Waals surface area contributed by atoms with Gasteiger partial charge in [0, 0.05) is 19.9 Å². The number of ether oxygens (including phenoxy) is 1. The molecule has 20 heavy (non-hydrogen) atoms. The zero-order chi connectivity index (χ0) is 15.1. The van der Waals surface area contributed by atoms with Gasteiger partial charge in [-0.25, -0.2) is 9.78 Å². The van der Waals surface area contributed by atoms with E-state index in [2.05, 4.69) is 15.6 Å². The Labute approximate surface area is 120 Å². The molecule has 0 saturated carbocycles. The average Bonchev–Trinajstić information content (AvgIpc) is 2.70. The molecule has 0 aliphatic rings. The quantitative estimate of drug-likeness (QED) is 0.766. The number of nitrogens with zero attached hydrogens (tertiary/aromatic N) is 1. The molecule has 1 rings (SSSR count). The number of aromatic nitrogens is 1. The largest absolute Gasteiger partial charge is 0.462 e. The van der Waals surface area contributed by atoms with Crippen molar-refractivity contribution in [1.82, 2.24) is 10.3 Å². The minimum atomic E-state index is -0.443. The van der Waals surface area contributed by atoms with E-state index in [1.807, 2.05) is 0 Å². The summed E-state index contributed by atoms with van der Waals surface area (Å²) in [6.07, 6.45) is 0.146. The molecule has 0 aliphatic heterocycles. The maximum absolute atomic E-state index is 11.6. The molecule has 0 bridgehead atoms. The third kappa shape index (κ3) is 4.96. The first kappa shape index (κ1) is 16.1. The molecule has 0 fully saturated rings. The lowest BCUT2D eigenvalue weighted by Gasteiger charge is -2.02. The van der Waals surface area contributed by atoms with Gasteiger partial charge in [0.05, 0.1) is 12.3 Å². The highest BCUT2D eigenvalue weighted by atomic mass is 32.1. The van der Waals surface area contributed by atoms with Gasteiger partial charge >= 0.3 is 5.97 Å². The number of anilines is 1. The van der Waals surface area contributed by atoms with Gasteiger partial charge in [-0.05, 0) is 13.8 Å². The highest BCUT2D eigenvalue weighted by molar-refractivity contribution is 7.17. The van der Waals surface area contributed by atoms with Gasteiger partial charge in [0.15, 0.2) is 5.13 Å². The predicted octanol–water partition coefficient (Wildman–Crippen LogP) is 1.09. The Bertz CT molecular complexity index is 513. The van der Waals surface area contributed by atoms with Gasteiger partial charge in [-0.1, -0.05) is 11.3 Å². The minimum Gasteiger partial charge on any atom is -0.462 e. The number of amides is 2. The molecule has 0 atom stereocenters. The summed E-state index contributed by atoms with van der Waals surface area (Å²) in [7, 11) is 0. The number of hydrogen-bond donors (Lipinski definition) is 2. The number of hydrogen-bond acceptors (Lipinski definition) is 6. The van der Waals surface area contributed by atoms with E-state index in [4.69, 9.17) is 4.74 Å². The monoisotopic (exact) mass is 299 g/mol. The summed E-state index contributed by atoms with van der Waals surface area (Å²) in [6, 6.07) is 0. The van der Waals surface area contributed by atoms with Crippen LogP contribution in [0.3, 0.4) is 0 Å². The van der Waals surface area contributed by atoms with Gasteiger partial charge in [0.1, 0.15) is 4.88 Å². The second-order valence-electron chi connectivity index (χ2n) is 3.94. The molecule has 0 spiro atoms. The zero-order valence-corrected chi connectivity index (χ0v) is 12.4. The van der Waals surface area contributed by atoms with Crippen molar-refractivity contribution in [2.24, 2.45) is 0 Å². The first-order chi connectivity index (χ1) is 9.43. The number of carbonyl (C=O) groups is 3. The molecule has 0 saturated heterocycles. The third-order valence-electron chi connectivity index (χ3n) is 2.23. The molecule has 2 N–H and O–H groups in total. The van der Waals surface area contributed by atoms with Crippen LogP contribution in [0.1, 0.15) is 35.6 Å². The van der Waals surface area contributed by atoms with Crippen molar-refractivity contribution < 1.29 is 19.1 Å². The van der Waals surface area contributed by atoms with Crippen LogP contribution >= 0.6 is 11.3 Å². The number of nitrogens with one attached hydrogen (secondary N) is 2. The lowest BCUT2D eigenvalue weighted by atomic mass is 10.4. The number of carbonyl (C=O) groups excluding carboxylic acids is 3. The topological polar surface area (TPSA) is 97.4 Å². The van der Waals surface area contributed by atoms with Crippen molar-refractivity contribution in [3.8, 4) is 0 Å². The van der Waals surface area contributed by atoms with Gasteiger partial charge in [-0.15, -0.1) is 0 Å². The van der Waals surface area contributed by atoms with Crippen LogP contribution in [-0.2, 0) is 14.3 Å². The average molecular weight is 299 g/mol. The molecule has 0 unspecified atom stereocenters. The van der Waals surface area contributed by atoms with Gasteiger partial charge in [0.25, 0.3) is 0 Å². The fraction of sp³-hybridized carbons (Fsp3) is 0.500. The van der Waals surface area contributed by atoms with Gasteiger partial charge in [-0.3, -0.25) is 9.59 Å². The van der Waals surface area contributed by atoms with Crippen LogP contribution in [0.15, 0.2) is 0 Å². The second-order valence-corrected chi connectivity index (χ2v) is 4.93. The smallest absolute Gasteiger partial charge is 0.350 e. The van der Waals surface area contributed by atoms with Gasteiger partial charge in [-0.2, -0.15) is 0 Å².